The second kappa shape index (κ2) is 8.59. The summed E-state index contributed by atoms with van der Waals surface area (Å²) in [6.45, 7) is 7.22. The number of nitrogens with one attached hydrogen (secondary N) is 1. The highest BCUT2D eigenvalue weighted by molar-refractivity contribution is 7.93. The van der Waals surface area contributed by atoms with Gasteiger partial charge < -0.3 is 5.32 Å². The maximum Gasteiger partial charge on any atom is 0.248 e. The fraction of sp³-hybridized carbons (Fsp3) is 0.400. The molecule has 1 aliphatic rings. The molecule has 1 aliphatic heterocycles. The normalized spacial score (nSPS) is 16.1. The van der Waals surface area contributed by atoms with Gasteiger partial charge in [-0.25, -0.2) is 8.42 Å². The predicted molar refractivity (Wildman–Crippen MR) is 117 cm³/mol. The molecular formula is C20H25ClN4O3S. The second-order valence-corrected chi connectivity index (χ2v) is 9.85. The van der Waals surface area contributed by atoms with Gasteiger partial charge in [0.25, 0.3) is 0 Å². The van der Waals surface area contributed by atoms with E-state index in [0.29, 0.717) is 42.0 Å². The average molecular weight is 437 g/mol. The van der Waals surface area contributed by atoms with Crippen LogP contribution in [0, 0.1) is 12.8 Å². The number of hydrogen-bond acceptors (Lipinski definition) is 4. The Labute approximate surface area is 176 Å². The van der Waals surface area contributed by atoms with Crippen LogP contribution in [0.1, 0.15) is 31.5 Å². The van der Waals surface area contributed by atoms with Gasteiger partial charge in [-0.1, -0.05) is 25.4 Å². The number of nitrogens with zero attached hydrogens (tertiary/aromatic N) is 3. The van der Waals surface area contributed by atoms with Crippen molar-refractivity contribution in [1.29, 1.82) is 0 Å². The van der Waals surface area contributed by atoms with Crippen LogP contribution in [0.4, 0.5) is 11.4 Å². The zero-order chi connectivity index (χ0) is 21.2. The summed E-state index contributed by atoms with van der Waals surface area (Å²) >= 11 is 6.38. The van der Waals surface area contributed by atoms with Gasteiger partial charge in [-0.15, -0.1) is 0 Å². The molecule has 29 heavy (non-hydrogen) atoms. The van der Waals surface area contributed by atoms with Crippen molar-refractivity contribution in [3.05, 3.63) is 46.8 Å². The van der Waals surface area contributed by atoms with E-state index in [-0.39, 0.29) is 11.7 Å². The molecule has 0 saturated carbocycles. The number of amides is 1. The molecule has 2 aromatic rings. The first-order valence-electron chi connectivity index (χ1n) is 9.50. The first kappa shape index (κ1) is 21.4. The van der Waals surface area contributed by atoms with Gasteiger partial charge in [-0.3, -0.25) is 13.8 Å². The molecule has 1 fully saturated rings. The Morgan fingerprint density at radius 1 is 1.31 bits per heavy atom. The van der Waals surface area contributed by atoms with Crippen molar-refractivity contribution in [2.75, 3.05) is 21.9 Å². The van der Waals surface area contributed by atoms with E-state index < -0.39 is 10.0 Å². The van der Waals surface area contributed by atoms with Crippen molar-refractivity contribution in [2.24, 2.45) is 5.92 Å². The maximum atomic E-state index is 12.3. The number of carbonyl (C=O) groups excluding carboxylic acids is 1. The molecular weight excluding hydrogens is 412 g/mol. The minimum atomic E-state index is -3.21. The van der Waals surface area contributed by atoms with E-state index in [0.717, 1.165) is 11.3 Å². The first-order valence-corrected chi connectivity index (χ1v) is 11.5. The number of sulfonamides is 1. The molecule has 1 amide bonds. The number of halogens is 1. The van der Waals surface area contributed by atoms with Crippen molar-refractivity contribution in [3.8, 4) is 0 Å². The van der Waals surface area contributed by atoms with Crippen molar-refractivity contribution in [1.82, 2.24) is 9.78 Å². The highest BCUT2D eigenvalue weighted by atomic mass is 35.5. The number of rotatable bonds is 6. The lowest BCUT2D eigenvalue weighted by atomic mass is 10.2. The van der Waals surface area contributed by atoms with Crippen LogP contribution in [0.5, 0.6) is 0 Å². The molecule has 1 N–H and O–H groups in total. The van der Waals surface area contributed by atoms with Crippen molar-refractivity contribution >= 4 is 45.0 Å². The van der Waals surface area contributed by atoms with Crippen LogP contribution in [0.25, 0.3) is 6.08 Å². The smallest absolute Gasteiger partial charge is 0.248 e. The van der Waals surface area contributed by atoms with Gasteiger partial charge in [0.2, 0.25) is 15.9 Å². The summed E-state index contributed by atoms with van der Waals surface area (Å²) in [5.74, 6) is 0.274. The van der Waals surface area contributed by atoms with Crippen LogP contribution in [-0.4, -0.2) is 36.4 Å². The molecule has 1 aromatic carbocycles. The number of anilines is 2. The Morgan fingerprint density at radius 3 is 2.59 bits per heavy atom. The Kier molecular flexibility index (Phi) is 6.33. The third-order valence-electron chi connectivity index (χ3n) is 4.57. The summed E-state index contributed by atoms with van der Waals surface area (Å²) < 4.78 is 27.1. The lowest BCUT2D eigenvalue weighted by Crippen LogP contribution is -2.24. The summed E-state index contributed by atoms with van der Waals surface area (Å²) in [6.07, 6.45) is 3.69. The monoisotopic (exact) mass is 436 g/mol. The van der Waals surface area contributed by atoms with Crippen LogP contribution in [0.15, 0.2) is 30.3 Å². The van der Waals surface area contributed by atoms with Gasteiger partial charge in [0, 0.05) is 30.4 Å². The van der Waals surface area contributed by atoms with Gasteiger partial charge in [-0.05, 0) is 49.6 Å². The predicted octanol–water partition coefficient (Wildman–Crippen LogP) is 3.69. The molecule has 0 aliphatic carbocycles. The van der Waals surface area contributed by atoms with Crippen LogP contribution < -0.4 is 9.62 Å². The Bertz CT molecular complexity index is 1030. The number of carbonyl (C=O) groups is 1. The first-order chi connectivity index (χ1) is 13.7. The van der Waals surface area contributed by atoms with Gasteiger partial charge in [0.15, 0.2) is 0 Å². The van der Waals surface area contributed by atoms with Crippen LogP contribution in [-0.2, 0) is 21.4 Å². The standard InChI is InChI=1S/C20H25ClN4O3S/c1-14(2)13-24-20(21)18(15(3)23-24)9-10-19(26)22-16-5-7-17(8-6-16)25-11-4-12-29(25,27)28/h5-10,14H,4,11-13H2,1-3H3,(H,22,26)/b10-9+. The largest absolute Gasteiger partial charge is 0.323 e. The molecule has 2 heterocycles. The maximum absolute atomic E-state index is 12.3. The van der Waals surface area contributed by atoms with E-state index in [9.17, 15) is 13.2 Å². The zero-order valence-electron chi connectivity index (χ0n) is 16.7. The third-order valence-corrected chi connectivity index (χ3v) is 6.84. The van der Waals surface area contributed by atoms with E-state index in [1.807, 2.05) is 6.92 Å². The van der Waals surface area contributed by atoms with Crippen molar-refractivity contribution in [3.63, 3.8) is 0 Å². The average Bonchev–Trinajstić information content (AvgIpc) is 3.12. The summed E-state index contributed by atoms with van der Waals surface area (Å²) in [7, 11) is -3.21. The molecule has 0 unspecified atom stereocenters. The lowest BCUT2D eigenvalue weighted by molar-refractivity contribution is -0.111. The molecule has 0 atom stereocenters. The SMILES string of the molecule is Cc1nn(CC(C)C)c(Cl)c1/C=C/C(=O)Nc1ccc(N2CCCS2(=O)=O)cc1. The molecule has 0 radical (unpaired) electrons. The third kappa shape index (κ3) is 5.00. The summed E-state index contributed by atoms with van der Waals surface area (Å²) in [6, 6.07) is 6.76. The zero-order valence-corrected chi connectivity index (χ0v) is 18.3. The summed E-state index contributed by atoms with van der Waals surface area (Å²) in [5.41, 5.74) is 2.67. The van der Waals surface area contributed by atoms with Crippen molar-refractivity contribution in [2.45, 2.75) is 33.7 Å². The number of benzene rings is 1. The summed E-state index contributed by atoms with van der Waals surface area (Å²) in [5, 5.41) is 7.69. The topological polar surface area (TPSA) is 84.3 Å². The van der Waals surface area contributed by atoms with E-state index in [1.54, 1.807) is 35.0 Å². The molecule has 7 nitrogen and oxygen atoms in total. The highest BCUT2D eigenvalue weighted by Gasteiger charge is 2.28. The number of aryl methyl sites for hydroxylation is 1. The molecule has 1 aromatic heterocycles. The van der Waals surface area contributed by atoms with Gasteiger partial charge in [-0.2, -0.15) is 5.10 Å². The minimum absolute atomic E-state index is 0.173. The van der Waals surface area contributed by atoms with Crippen LogP contribution >= 0.6 is 11.6 Å². The Morgan fingerprint density at radius 2 is 2.00 bits per heavy atom. The Balaban J connectivity index is 1.66. The minimum Gasteiger partial charge on any atom is -0.323 e. The number of aromatic nitrogens is 2. The fourth-order valence-electron chi connectivity index (χ4n) is 3.21. The van der Waals surface area contributed by atoms with E-state index >= 15 is 0 Å². The second-order valence-electron chi connectivity index (χ2n) is 7.48. The lowest BCUT2D eigenvalue weighted by Gasteiger charge is -2.17. The molecule has 1 saturated heterocycles. The molecule has 156 valence electrons. The van der Waals surface area contributed by atoms with E-state index in [2.05, 4.69) is 24.3 Å². The molecule has 0 spiro atoms. The molecule has 0 bridgehead atoms. The van der Waals surface area contributed by atoms with Crippen LogP contribution in [0.3, 0.4) is 0 Å². The molecule has 3 rings (SSSR count). The van der Waals surface area contributed by atoms with Crippen molar-refractivity contribution < 1.29 is 13.2 Å². The van der Waals surface area contributed by atoms with Crippen LogP contribution in [0.2, 0.25) is 5.15 Å². The van der Waals surface area contributed by atoms with Gasteiger partial charge in [0.05, 0.1) is 17.1 Å². The molecule has 9 heteroatoms. The van der Waals surface area contributed by atoms with Gasteiger partial charge in [0.1, 0.15) is 5.15 Å². The Hall–Kier alpha value is -2.32. The summed E-state index contributed by atoms with van der Waals surface area (Å²) in [4.78, 5) is 12.3. The fourth-order valence-corrected chi connectivity index (χ4v) is 5.08. The van der Waals surface area contributed by atoms with E-state index in [1.165, 1.54) is 10.4 Å². The van der Waals surface area contributed by atoms with Gasteiger partial charge >= 0.3 is 0 Å². The quantitative estimate of drug-likeness (QED) is 0.700. The van der Waals surface area contributed by atoms with E-state index in [4.69, 9.17) is 11.6 Å². The number of hydrogen-bond donors (Lipinski definition) is 1. The highest BCUT2D eigenvalue weighted by Crippen LogP contribution is 2.25.